The Morgan fingerprint density at radius 2 is 1.95 bits per heavy atom. The van der Waals surface area contributed by atoms with Crippen molar-refractivity contribution < 1.29 is 9.21 Å². The third kappa shape index (κ3) is 2.70. The summed E-state index contributed by atoms with van der Waals surface area (Å²) in [5.74, 6) is 0.798. The van der Waals surface area contributed by atoms with Crippen molar-refractivity contribution in [2.24, 2.45) is 0 Å². The summed E-state index contributed by atoms with van der Waals surface area (Å²) in [6.07, 6.45) is 1.63. The van der Waals surface area contributed by atoms with Crippen LogP contribution in [-0.2, 0) is 0 Å². The highest BCUT2D eigenvalue weighted by molar-refractivity contribution is 5.94. The van der Waals surface area contributed by atoms with Gasteiger partial charge in [0.1, 0.15) is 5.76 Å². The van der Waals surface area contributed by atoms with Gasteiger partial charge in [0.05, 0.1) is 12.3 Å². The van der Waals surface area contributed by atoms with Gasteiger partial charge in [0.2, 0.25) is 0 Å². The van der Waals surface area contributed by atoms with Crippen LogP contribution in [-0.4, -0.2) is 17.9 Å². The Morgan fingerprint density at radius 1 is 1.21 bits per heavy atom. The zero-order valence-corrected chi connectivity index (χ0v) is 11.8. The molecule has 0 aliphatic carbocycles. The van der Waals surface area contributed by atoms with Crippen LogP contribution >= 0.6 is 0 Å². The van der Waals surface area contributed by atoms with Crippen molar-refractivity contribution in [1.82, 2.24) is 4.90 Å². The highest BCUT2D eigenvalue weighted by Crippen LogP contribution is 2.21. The number of rotatable bonds is 3. The molecule has 19 heavy (non-hydrogen) atoms. The molecule has 3 nitrogen and oxygen atoms in total. The average Bonchev–Trinajstić information content (AvgIpc) is 2.93. The summed E-state index contributed by atoms with van der Waals surface area (Å²) in [5.41, 5.74) is 3.03. The minimum absolute atomic E-state index is 0.00648. The number of amides is 1. The van der Waals surface area contributed by atoms with Crippen LogP contribution in [0.5, 0.6) is 0 Å². The van der Waals surface area contributed by atoms with E-state index < -0.39 is 0 Å². The number of furan rings is 1. The highest BCUT2D eigenvalue weighted by atomic mass is 16.3. The molecular weight excluding hydrogens is 238 g/mol. The van der Waals surface area contributed by atoms with Crippen LogP contribution in [0.4, 0.5) is 0 Å². The van der Waals surface area contributed by atoms with Gasteiger partial charge in [0.15, 0.2) is 0 Å². The molecule has 0 saturated carbocycles. The first kappa shape index (κ1) is 13.4. The third-order valence-corrected chi connectivity index (χ3v) is 3.61. The summed E-state index contributed by atoms with van der Waals surface area (Å²) < 4.78 is 5.35. The van der Waals surface area contributed by atoms with Crippen LogP contribution in [0.1, 0.15) is 40.2 Å². The van der Waals surface area contributed by atoms with Crippen LogP contribution in [0, 0.1) is 13.8 Å². The lowest BCUT2D eigenvalue weighted by Crippen LogP contribution is -2.29. The van der Waals surface area contributed by atoms with E-state index in [1.807, 2.05) is 51.1 Å². The Balaban J connectivity index is 2.21. The second kappa shape index (κ2) is 5.31. The van der Waals surface area contributed by atoms with E-state index in [0.29, 0.717) is 5.56 Å². The van der Waals surface area contributed by atoms with Crippen LogP contribution < -0.4 is 0 Å². The molecule has 0 N–H and O–H groups in total. The van der Waals surface area contributed by atoms with E-state index >= 15 is 0 Å². The van der Waals surface area contributed by atoms with Gasteiger partial charge in [-0.2, -0.15) is 0 Å². The number of hydrogen-bond donors (Lipinski definition) is 0. The van der Waals surface area contributed by atoms with E-state index in [2.05, 4.69) is 0 Å². The molecule has 3 heteroatoms. The Labute approximate surface area is 113 Å². The van der Waals surface area contributed by atoms with Gasteiger partial charge in [-0.15, -0.1) is 0 Å². The lowest BCUT2D eigenvalue weighted by Gasteiger charge is -2.23. The molecule has 1 unspecified atom stereocenters. The monoisotopic (exact) mass is 257 g/mol. The fourth-order valence-corrected chi connectivity index (χ4v) is 1.97. The molecule has 1 aromatic carbocycles. The third-order valence-electron chi connectivity index (χ3n) is 3.61. The van der Waals surface area contributed by atoms with Gasteiger partial charge in [0, 0.05) is 12.6 Å². The van der Waals surface area contributed by atoms with Crippen LogP contribution in [0.15, 0.2) is 41.0 Å². The molecule has 0 saturated heterocycles. The number of carbonyl (C=O) groups excluding carboxylic acids is 1. The lowest BCUT2D eigenvalue weighted by molar-refractivity contribution is 0.0726. The molecule has 0 aliphatic heterocycles. The summed E-state index contributed by atoms with van der Waals surface area (Å²) in [4.78, 5) is 14.1. The van der Waals surface area contributed by atoms with Crippen molar-refractivity contribution in [2.45, 2.75) is 26.8 Å². The Bertz CT molecular complexity index is 572. The van der Waals surface area contributed by atoms with Crippen molar-refractivity contribution in [3.8, 4) is 0 Å². The molecule has 0 bridgehead atoms. The maximum Gasteiger partial charge on any atom is 0.254 e. The molecular formula is C16H19NO2. The van der Waals surface area contributed by atoms with E-state index in [4.69, 9.17) is 4.42 Å². The molecule has 2 rings (SSSR count). The number of aryl methyl sites for hydroxylation is 2. The van der Waals surface area contributed by atoms with E-state index in [1.165, 1.54) is 5.56 Å². The van der Waals surface area contributed by atoms with Gasteiger partial charge < -0.3 is 9.32 Å². The number of benzene rings is 1. The van der Waals surface area contributed by atoms with E-state index in [0.717, 1.165) is 11.3 Å². The van der Waals surface area contributed by atoms with Gasteiger partial charge >= 0.3 is 0 Å². The minimum atomic E-state index is -0.0795. The summed E-state index contributed by atoms with van der Waals surface area (Å²) in [6.45, 7) is 6.01. The number of carbonyl (C=O) groups is 1. The predicted octanol–water partition coefficient (Wildman–Crippen LogP) is 3.73. The summed E-state index contributed by atoms with van der Waals surface area (Å²) in [5, 5.41) is 0. The molecule has 0 aliphatic rings. The molecule has 1 atom stereocenters. The first-order valence-corrected chi connectivity index (χ1v) is 6.38. The van der Waals surface area contributed by atoms with E-state index in [1.54, 1.807) is 18.2 Å². The molecule has 2 aromatic rings. The van der Waals surface area contributed by atoms with Crippen molar-refractivity contribution in [1.29, 1.82) is 0 Å². The zero-order valence-electron chi connectivity index (χ0n) is 11.8. The van der Waals surface area contributed by atoms with Crippen molar-refractivity contribution >= 4 is 5.91 Å². The van der Waals surface area contributed by atoms with Crippen molar-refractivity contribution in [3.63, 3.8) is 0 Å². The molecule has 100 valence electrons. The summed E-state index contributed by atoms with van der Waals surface area (Å²) >= 11 is 0. The predicted molar refractivity (Wildman–Crippen MR) is 75.1 cm³/mol. The quantitative estimate of drug-likeness (QED) is 0.839. The molecule has 0 fully saturated rings. The second-order valence-corrected chi connectivity index (χ2v) is 4.91. The standard InChI is InChI=1S/C16H19NO2/c1-11-7-8-14(10-12(11)2)16(18)17(4)13(3)15-6-5-9-19-15/h5-10,13H,1-4H3. The van der Waals surface area contributed by atoms with Crippen LogP contribution in [0.3, 0.4) is 0 Å². The van der Waals surface area contributed by atoms with Crippen molar-refractivity contribution in [2.75, 3.05) is 7.05 Å². The van der Waals surface area contributed by atoms with Gasteiger partial charge in [-0.1, -0.05) is 6.07 Å². The minimum Gasteiger partial charge on any atom is -0.467 e. The van der Waals surface area contributed by atoms with Crippen LogP contribution in [0.2, 0.25) is 0 Å². The summed E-state index contributed by atoms with van der Waals surface area (Å²) in [6, 6.07) is 9.42. The highest BCUT2D eigenvalue weighted by Gasteiger charge is 2.20. The smallest absolute Gasteiger partial charge is 0.254 e. The largest absolute Gasteiger partial charge is 0.467 e. The number of hydrogen-bond acceptors (Lipinski definition) is 2. The zero-order chi connectivity index (χ0) is 14.0. The maximum atomic E-state index is 12.4. The molecule has 1 amide bonds. The van der Waals surface area contributed by atoms with E-state index in [9.17, 15) is 4.79 Å². The van der Waals surface area contributed by atoms with Gasteiger partial charge in [-0.3, -0.25) is 4.79 Å². The second-order valence-electron chi connectivity index (χ2n) is 4.91. The van der Waals surface area contributed by atoms with Gasteiger partial charge in [0.25, 0.3) is 5.91 Å². The topological polar surface area (TPSA) is 33.5 Å². The molecule has 1 aromatic heterocycles. The Morgan fingerprint density at radius 3 is 2.53 bits per heavy atom. The maximum absolute atomic E-state index is 12.4. The van der Waals surface area contributed by atoms with Gasteiger partial charge in [-0.25, -0.2) is 0 Å². The number of nitrogens with zero attached hydrogens (tertiary/aromatic N) is 1. The van der Waals surface area contributed by atoms with E-state index in [-0.39, 0.29) is 11.9 Å². The van der Waals surface area contributed by atoms with Gasteiger partial charge in [-0.05, 0) is 56.2 Å². The Hall–Kier alpha value is -2.03. The molecule has 0 spiro atoms. The average molecular weight is 257 g/mol. The first-order valence-electron chi connectivity index (χ1n) is 6.38. The van der Waals surface area contributed by atoms with Crippen LogP contribution in [0.25, 0.3) is 0 Å². The first-order chi connectivity index (χ1) is 9.00. The molecule has 1 heterocycles. The normalized spacial score (nSPS) is 12.2. The summed E-state index contributed by atoms with van der Waals surface area (Å²) in [7, 11) is 1.80. The van der Waals surface area contributed by atoms with Crippen molar-refractivity contribution in [3.05, 3.63) is 59.0 Å². The fourth-order valence-electron chi connectivity index (χ4n) is 1.97. The molecule has 0 radical (unpaired) electrons. The SMILES string of the molecule is Cc1ccc(C(=O)N(C)C(C)c2ccco2)cc1C. The Kier molecular flexibility index (Phi) is 3.74. The lowest BCUT2D eigenvalue weighted by atomic mass is 10.0. The fraction of sp³-hybridized carbons (Fsp3) is 0.312.